The van der Waals surface area contributed by atoms with Crippen LogP contribution in [0.2, 0.25) is 0 Å². The largest absolute Gasteiger partial charge is 0.305 e. The molecule has 0 aliphatic heterocycles. The van der Waals surface area contributed by atoms with Gasteiger partial charge >= 0.3 is 0 Å². The number of para-hydroxylation sites is 6. The molecule has 0 atom stereocenters. The van der Waals surface area contributed by atoms with Gasteiger partial charge in [0.05, 0.1) is 44.1 Å². The van der Waals surface area contributed by atoms with E-state index in [2.05, 4.69) is 40.7 Å². The summed E-state index contributed by atoms with van der Waals surface area (Å²) >= 11 is 0. The molecule has 4 heterocycles. The minimum Gasteiger partial charge on any atom is -0.305 e. The Kier molecular flexibility index (Phi) is 15.2. The van der Waals surface area contributed by atoms with E-state index in [4.69, 9.17) is 0 Å². The van der Waals surface area contributed by atoms with Crippen molar-refractivity contribution in [3.05, 3.63) is 161 Å². The molecule has 10 rings (SSSR count). The van der Waals surface area contributed by atoms with Crippen molar-refractivity contribution < 1.29 is 0 Å². The molecule has 0 bridgehead atoms. The molecule has 66 heavy (non-hydrogen) atoms. The van der Waals surface area contributed by atoms with E-state index in [1.54, 1.807) is 4.57 Å². The van der Waals surface area contributed by atoms with Crippen LogP contribution in [0.1, 0.15) is 121 Å². The Hall–Kier alpha value is -6.56. The van der Waals surface area contributed by atoms with Crippen LogP contribution in [0.15, 0.2) is 110 Å². The lowest BCUT2D eigenvalue weighted by Gasteiger charge is -2.12. The van der Waals surface area contributed by atoms with Crippen LogP contribution in [-0.4, -0.2) is 38.2 Å². The van der Waals surface area contributed by atoms with E-state index in [-0.39, 0.29) is 22.2 Å². The highest BCUT2D eigenvalue weighted by atomic mass is 16.1. The highest BCUT2D eigenvalue weighted by molar-refractivity contribution is 5.77. The first kappa shape index (κ1) is 47.4. The Balaban J connectivity index is 0.000000131. The fourth-order valence-electron chi connectivity index (χ4n) is 8.45. The maximum atomic E-state index is 12.4. The molecule has 12 heteroatoms. The van der Waals surface area contributed by atoms with Gasteiger partial charge in [0.2, 0.25) is 0 Å². The van der Waals surface area contributed by atoms with Gasteiger partial charge < -0.3 is 18.3 Å². The van der Waals surface area contributed by atoms with Gasteiger partial charge in [-0.1, -0.05) is 83.5 Å². The number of aryl methyl sites for hydroxylation is 6. The molecular formula is C54H64N8O4. The molecule has 0 spiro atoms. The van der Waals surface area contributed by atoms with E-state index in [1.165, 1.54) is 0 Å². The van der Waals surface area contributed by atoms with E-state index in [9.17, 15) is 19.2 Å². The molecule has 0 N–H and O–H groups in total. The monoisotopic (exact) mass is 889 g/mol. The molecular weight excluding hydrogens is 825 g/mol. The lowest BCUT2D eigenvalue weighted by molar-refractivity contribution is 0.618. The van der Waals surface area contributed by atoms with Crippen molar-refractivity contribution in [2.45, 2.75) is 138 Å². The standard InChI is InChI=1S/C15H20N2O.C14H16N2O.C13H14N2O.C12H14N2O/c1-5-17-14-9-11(4)6-7-12(14)16-13(15(17)18)8-10(2)3;1-2-5-12-14(17)16(10-8-9-10)13-7-4-3-6-11(13)15-12;1-2-10-13(16)15(9-7-8-9)12-6-4-3-5-11(12)14-10;1-3-9-12(15)14(4-2)11-8-6-5-7-10(11)13-9/h6-7,9-10H,5,8H2,1-4H3;3-4,6-7,10H,2,5,8-9H2,1H3;3-6,9H,2,7-8H2,1H3;5-8H,3-4H2,1-2H3. The number of nitrogens with zero attached hydrogens (tertiary/aromatic N) is 8. The third-order valence-electron chi connectivity index (χ3n) is 12.0. The minimum atomic E-state index is 0.0405. The second-order valence-electron chi connectivity index (χ2n) is 17.7. The summed E-state index contributed by atoms with van der Waals surface area (Å²) < 4.78 is 7.49. The van der Waals surface area contributed by atoms with Gasteiger partial charge in [0.15, 0.2) is 0 Å². The number of aromatic nitrogens is 8. The van der Waals surface area contributed by atoms with Crippen LogP contribution < -0.4 is 22.2 Å². The molecule has 8 aromatic rings. The van der Waals surface area contributed by atoms with E-state index >= 15 is 0 Å². The van der Waals surface area contributed by atoms with Gasteiger partial charge in [0.25, 0.3) is 22.2 Å². The first-order valence-electron chi connectivity index (χ1n) is 23.9. The quantitative estimate of drug-likeness (QED) is 0.132. The smallest absolute Gasteiger partial charge is 0.272 e. The number of hydrogen-bond donors (Lipinski definition) is 0. The summed E-state index contributed by atoms with van der Waals surface area (Å²) in [5, 5.41) is 0. The molecule has 12 nitrogen and oxygen atoms in total. The highest BCUT2D eigenvalue weighted by Gasteiger charge is 2.28. The van der Waals surface area contributed by atoms with Crippen LogP contribution in [0.25, 0.3) is 44.1 Å². The number of fused-ring (bicyclic) bond motifs is 4. The van der Waals surface area contributed by atoms with Crippen LogP contribution in [0.4, 0.5) is 0 Å². The fourth-order valence-corrected chi connectivity index (χ4v) is 8.45. The van der Waals surface area contributed by atoms with Crippen molar-refractivity contribution in [3.63, 3.8) is 0 Å². The Morgan fingerprint density at radius 1 is 0.500 bits per heavy atom. The molecule has 344 valence electrons. The number of rotatable bonds is 10. The van der Waals surface area contributed by atoms with Gasteiger partial charge in [0.1, 0.15) is 22.8 Å². The molecule has 2 saturated carbocycles. The van der Waals surface area contributed by atoms with Crippen LogP contribution in [0, 0.1) is 12.8 Å². The molecule has 2 fully saturated rings. The first-order chi connectivity index (χ1) is 31.9. The average Bonchev–Trinajstić information content (AvgIpc) is 4.27. The van der Waals surface area contributed by atoms with Crippen LogP contribution in [0.3, 0.4) is 0 Å². The van der Waals surface area contributed by atoms with Gasteiger partial charge in [-0.15, -0.1) is 0 Å². The van der Waals surface area contributed by atoms with E-state index < -0.39 is 0 Å². The van der Waals surface area contributed by atoms with Gasteiger partial charge in [0, 0.05) is 25.2 Å². The topological polar surface area (TPSA) is 140 Å². The molecule has 2 aliphatic carbocycles. The Morgan fingerprint density at radius 2 is 0.909 bits per heavy atom. The molecule has 0 amide bonds. The lowest BCUT2D eigenvalue weighted by Crippen LogP contribution is -2.26. The first-order valence-corrected chi connectivity index (χ1v) is 23.9. The second kappa shape index (κ2) is 21.2. The molecule has 4 aromatic carbocycles. The molecule has 4 aromatic heterocycles. The SMILES string of the molecule is CCCc1nc2ccccc2n(C2CC2)c1=O.CCc1nc2ccccc2n(C2CC2)c1=O.CCc1nc2ccccc2n(CC)c1=O.CCn1c(=O)c(CC(C)C)nc2ccc(C)cc21. The second-order valence-corrected chi connectivity index (χ2v) is 17.7. The zero-order chi connectivity index (χ0) is 47.1. The summed E-state index contributed by atoms with van der Waals surface area (Å²) in [6.07, 6.45) is 8.36. The van der Waals surface area contributed by atoms with Gasteiger partial charge in [-0.2, -0.15) is 0 Å². The summed E-state index contributed by atoms with van der Waals surface area (Å²) in [7, 11) is 0. The number of hydrogen-bond acceptors (Lipinski definition) is 8. The summed E-state index contributed by atoms with van der Waals surface area (Å²) in [6, 6.07) is 30.5. The average molecular weight is 889 g/mol. The van der Waals surface area contributed by atoms with E-state index in [1.807, 2.05) is 139 Å². The third kappa shape index (κ3) is 10.4. The van der Waals surface area contributed by atoms with Gasteiger partial charge in [-0.25, -0.2) is 19.9 Å². The molecule has 2 aliphatic rings. The molecule has 0 unspecified atom stereocenters. The molecule has 0 radical (unpaired) electrons. The predicted molar refractivity (Wildman–Crippen MR) is 268 cm³/mol. The number of benzene rings is 4. The van der Waals surface area contributed by atoms with Crippen molar-refractivity contribution >= 4 is 44.1 Å². The Bertz CT molecular complexity index is 3250. The van der Waals surface area contributed by atoms with E-state index in [0.29, 0.717) is 61.0 Å². The van der Waals surface area contributed by atoms with Crippen LogP contribution >= 0.6 is 0 Å². The molecule has 0 saturated heterocycles. The van der Waals surface area contributed by atoms with Crippen molar-refractivity contribution in [2.75, 3.05) is 0 Å². The highest BCUT2D eigenvalue weighted by Crippen LogP contribution is 2.36. The summed E-state index contributed by atoms with van der Waals surface area (Å²) in [5.74, 6) is 0.443. The van der Waals surface area contributed by atoms with Gasteiger partial charge in [-0.3, -0.25) is 19.2 Å². The maximum absolute atomic E-state index is 12.4. The fraction of sp³-hybridized carbons (Fsp3) is 0.407. The summed E-state index contributed by atoms with van der Waals surface area (Å²) in [5.41, 5.74) is 11.7. The normalized spacial score (nSPS) is 13.3. The van der Waals surface area contributed by atoms with Crippen molar-refractivity contribution in [3.8, 4) is 0 Å². The lowest BCUT2D eigenvalue weighted by atomic mass is 10.1. The maximum Gasteiger partial charge on any atom is 0.272 e. The van der Waals surface area contributed by atoms with Crippen molar-refractivity contribution in [2.24, 2.45) is 5.92 Å². The zero-order valence-electron chi connectivity index (χ0n) is 39.9. The summed E-state index contributed by atoms with van der Waals surface area (Å²) in [6.45, 7) is 17.6. The zero-order valence-corrected chi connectivity index (χ0v) is 39.9. The van der Waals surface area contributed by atoms with E-state index in [0.717, 1.165) is 100 Å². The van der Waals surface area contributed by atoms with Gasteiger partial charge in [-0.05, 0) is 132 Å². The summed E-state index contributed by atoms with van der Waals surface area (Å²) in [4.78, 5) is 66.7. The predicted octanol–water partition coefficient (Wildman–Crippen LogP) is 9.88. The Labute approximate surface area is 386 Å². The Morgan fingerprint density at radius 3 is 1.39 bits per heavy atom. The third-order valence-corrected chi connectivity index (χ3v) is 12.0. The van der Waals surface area contributed by atoms with Crippen LogP contribution in [0.5, 0.6) is 0 Å². The minimum absolute atomic E-state index is 0.0405. The van der Waals surface area contributed by atoms with Crippen LogP contribution in [-0.2, 0) is 38.8 Å². The van der Waals surface area contributed by atoms with Crippen molar-refractivity contribution in [1.29, 1.82) is 0 Å². The van der Waals surface area contributed by atoms with Crippen molar-refractivity contribution in [1.82, 2.24) is 38.2 Å².